The van der Waals surface area contributed by atoms with Crippen molar-refractivity contribution in [2.45, 2.75) is 0 Å². The molecule has 1 aromatic heterocycles. The Hall–Kier alpha value is -2.54. The Bertz CT molecular complexity index is 430. The number of hydrogen-bond acceptors (Lipinski definition) is 7. The van der Waals surface area contributed by atoms with Gasteiger partial charge < -0.3 is 15.4 Å². The average molecular weight is 218 g/mol. The molecule has 0 amide bonds. The minimum absolute atomic E-state index is 0.0257. The summed E-state index contributed by atoms with van der Waals surface area (Å²) in [6, 6.07) is 3.87. The third-order valence-corrected chi connectivity index (χ3v) is 1.84. The second-order valence-corrected chi connectivity index (χ2v) is 2.79. The van der Waals surface area contributed by atoms with Gasteiger partial charge in [-0.15, -0.1) is 0 Å². The van der Waals surface area contributed by atoms with Gasteiger partial charge in [0.15, 0.2) is 5.82 Å². The van der Waals surface area contributed by atoms with Gasteiger partial charge in [0.2, 0.25) is 5.88 Å². The van der Waals surface area contributed by atoms with E-state index in [-0.39, 0.29) is 24.7 Å². The van der Waals surface area contributed by atoms with Gasteiger partial charge >= 0.3 is 0 Å². The number of hydrogen-bond donors (Lipinski definition) is 1. The van der Waals surface area contributed by atoms with E-state index >= 15 is 0 Å². The molecule has 1 rings (SSSR count). The van der Waals surface area contributed by atoms with E-state index in [4.69, 9.17) is 21.0 Å². The third kappa shape index (κ3) is 2.28. The van der Waals surface area contributed by atoms with Gasteiger partial charge in [0, 0.05) is 0 Å². The average Bonchev–Trinajstić information content (AvgIpc) is 2.29. The summed E-state index contributed by atoms with van der Waals surface area (Å²) < 4.78 is 4.92. The number of ether oxygens (including phenoxy) is 1. The Labute approximate surface area is 92.7 Å². The molecule has 0 bridgehead atoms. The molecule has 0 atom stereocenters. The van der Waals surface area contributed by atoms with Gasteiger partial charge in [0.1, 0.15) is 25.1 Å². The fraction of sp³-hybridized carbons (Fsp3) is 0.333. The number of rotatable bonds is 4. The third-order valence-electron chi connectivity index (χ3n) is 1.84. The molecule has 0 spiro atoms. The van der Waals surface area contributed by atoms with Crippen molar-refractivity contribution in [2.24, 2.45) is 0 Å². The van der Waals surface area contributed by atoms with Gasteiger partial charge in [-0.05, 0) is 0 Å². The van der Waals surface area contributed by atoms with Crippen LogP contribution in [0.5, 0.6) is 5.88 Å². The van der Waals surface area contributed by atoms with Gasteiger partial charge in [-0.2, -0.15) is 15.5 Å². The molecule has 7 heteroatoms. The lowest BCUT2D eigenvalue weighted by Crippen LogP contribution is -2.26. The summed E-state index contributed by atoms with van der Waals surface area (Å²) in [4.78, 5) is 9.19. The lowest BCUT2D eigenvalue weighted by atomic mass is 10.4. The van der Waals surface area contributed by atoms with Crippen LogP contribution >= 0.6 is 0 Å². The highest BCUT2D eigenvalue weighted by Crippen LogP contribution is 2.26. The van der Waals surface area contributed by atoms with Crippen molar-refractivity contribution < 1.29 is 4.74 Å². The van der Waals surface area contributed by atoms with Gasteiger partial charge in [-0.3, -0.25) is 0 Å². The van der Waals surface area contributed by atoms with Gasteiger partial charge in [0.25, 0.3) is 0 Å². The van der Waals surface area contributed by atoms with Crippen LogP contribution in [0.15, 0.2) is 6.33 Å². The Kier molecular flexibility index (Phi) is 3.87. The molecule has 82 valence electrons. The normalized spacial score (nSPS) is 8.94. The Balaban J connectivity index is 3.10. The molecule has 16 heavy (non-hydrogen) atoms. The van der Waals surface area contributed by atoms with Crippen molar-refractivity contribution in [1.29, 1.82) is 10.5 Å². The largest absolute Gasteiger partial charge is 0.479 e. The predicted octanol–water partition coefficient (Wildman–Crippen LogP) is -0.0790. The fourth-order valence-corrected chi connectivity index (χ4v) is 1.16. The number of methoxy groups -OCH3 is 1. The minimum atomic E-state index is 0.0257. The fourth-order valence-electron chi connectivity index (χ4n) is 1.16. The van der Waals surface area contributed by atoms with Crippen LogP contribution in [0.25, 0.3) is 0 Å². The van der Waals surface area contributed by atoms with E-state index in [1.165, 1.54) is 18.3 Å². The van der Waals surface area contributed by atoms with Crippen molar-refractivity contribution in [3.63, 3.8) is 0 Å². The number of anilines is 2. The summed E-state index contributed by atoms with van der Waals surface area (Å²) in [6.45, 7) is 0.0514. The van der Waals surface area contributed by atoms with Crippen LogP contribution in [0.3, 0.4) is 0 Å². The molecule has 0 unspecified atom stereocenters. The smallest absolute Gasteiger partial charge is 0.242 e. The van der Waals surface area contributed by atoms with Crippen LogP contribution in [0, 0.1) is 22.7 Å². The molecule has 0 fully saturated rings. The zero-order chi connectivity index (χ0) is 12.0. The maximum atomic E-state index is 8.63. The highest BCUT2D eigenvalue weighted by molar-refractivity contribution is 5.68. The molecule has 0 aliphatic heterocycles. The van der Waals surface area contributed by atoms with Crippen LogP contribution in [0.1, 0.15) is 0 Å². The van der Waals surface area contributed by atoms with Gasteiger partial charge in [0.05, 0.1) is 19.2 Å². The van der Waals surface area contributed by atoms with E-state index in [1.807, 2.05) is 12.1 Å². The first kappa shape index (κ1) is 11.5. The summed E-state index contributed by atoms with van der Waals surface area (Å²) in [5, 5.41) is 17.3. The van der Waals surface area contributed by atoms with Crippen molar-refractivity contribution in [3.8, 4) is 18.0 Å². The van der Waals surface area contributed by atoms with Crippen molar-refractivity contribution in [2.75, 3.05) is 30.8 Å². The molecule has 7 nitrogen and oxygen atoms in total. The highest BCUT2D eigenvalue weighted by Gasteiger charge is 2.14. The molecule has 2 N–H and O–H groups in total. The first-order valence-corrected chi connectivity index (χ1v) is 4.38. The van der Waals surface area contributed by atoms with Gasteiger partial charge in [-0.25, -0.2) is 4.98 Å². The molecule has 1 heterocycles. The second kappa shape index (κ2) is 5.37. The second-order valence-electron chi connectivity index (χ2n) is 2.79. The maximum absolute atomic E-state index is 8.63. The van der Waals surface area contributed by atoms with E-state index in [0.29, 0.717) is 5.82 Å². The van der Waals surface area contributed by atoms with Crippen LogP contribution in [-0.4, -0.2) is 30.2 Å². The quantitative estimate of drug-likeness (QED) is 0.703. The Morgan fingerprint density at radius 1 is 1.38 bits per heavy atom. The van der Waals surface area contributed by atoms with Crippen molar-refractivity contribution >= 4 is 11.5 Å². The molecule has 0 saturated heterocycles. The highest BCUT2D eigenvalue weighted by atomic mass is 16.5. The summed E-state index contributed by atoms with van der Waals surface area (Å²) in [6.07, 6.45) is 1.27. The lowest BCUT2D eigenvalue weighted by Gasteiger charge is -2.18. The van der Waals surface area contributed by atoms with E-state index in [2.05, 4.69) is 9.97 Å². The molecule has 1 aromatic rings. The first-order chi connectivity index (χ1) is 7.74. The van der Waals surface area contributed by atoms with E-state index in [0.717, 1.165) is 0 Å². The summed E-state index contributed by atoms with van der Waals surface area (Å²) in [5.74, 6) is 0.556. The molecular formula is C9H10N6O. The number of nitrogen functional groups attached to an aromatic ring is 1. The van der Waals surface area contributed by atoms with Crippen molar-refractivity contribution in [3.05, 3.63) is 6.33 Å². The molecule has 0 aliphatic carbocycles. The SMILES string of the molecule is COc1ncnc(N(CC#N)CC#N)c1N. The first-order valence-electron chi connectivity index (χ1n) is 4.38. The van der Waals surface area contributed by atoms with Crippen LogP contribution in [0.4, 0.5) is 11.5 Å². The van der Waals surface area contributed by atoms with Crippen LogP contribution in [0.2, 0.25) is 0 Å². The standard InChI is InChI=1S/C9H10N6O/c1-16-9-7(12)8(13-6-14-9)15(4-2-10)5-3-11/h6H,4-5,12H2,1H3. The topological polar surface area (TPSA) is 112 Å². The van der Waals surface area contributed by atoms with E-state index in [1.54, 1.807) is 0 Å². The maximum Gasteiger partial charge on any atom is 0.242 e. The molecule has 0 saturated carbocycles. The number of nitriles is 2. The predicted molar refractivity (Wildman–Crippen MR) is 56.4 cm³/mol. The zero-order valence-electron chi connectivity index (χ0n) is 8.71. The molecular weight excluding hydrogens is 208 g/mol. The number of nitrogens with zero attached hydrogens (tertiary/aromatic N) is 5. The Morgan fingerprint density at radius 2 is 2.00 bits per heavy atom. The van der Waals surface area contributed by atoms with E-state index < -0.39 is 0 Å². The molecule has 0 radical (unpaired) electrons. The summed E-state index contributed by atoms with van der Waals surface area (Å²) in [7, 11) is 1.43. The monoisotopic (exact) mass is 218 g/mol. The number of aromatic nitrogens is 2. The Morgan fingerprint density at radius 3 is 2.50 bits per heavy atom. The lowest BCUT2D eigenvalue weighted by molar-refractivity contribution is 0.399. The zero-order valence-corrected chi connectivity index (χ0v) is 8.71. The van der Waals surface area contributed by atoms with Crippen LogP contribution < -0.4 is 15.4 Å². The molecule has 0 aliphatic rings. The van der Waals surface area contributed by atoms with Gasteiger partial charge in [-0.1, -0.05) is 0 Å². The number of nitrogens with two attached hydrogens (primary N) is 1. The minimum Gasteiger partial charge on any atom is -0.479 e. The molecule has 0 aromatic carbocycles. The summed E-state index contributed by atoms with van der Waals surface area (Å²) >= 11 is 0. The summed E-state index contributed by atoms with van der Waals surface area (Å²) in [5.41, 5.74) is 5.96. The van der Waals surface area contributed by atoms with Crippen LogP contribution in [-0.2, 0) is 0 Å². The van der Waals surface area contributed by atoms with E-state index in [9.17, 15) is 0 Å². The van der Waals surface area contributed by atoms with Crippen molar-refractivity contribution in [1.82, 2.24) is 9.97 Å².